The van der Waals surface area contributed by atoms with Gasteiger partial charge in [-0.15, -0.1) is 11.3 Å². The highest BCUT2D eigenvalue weighted by atomic mass is 35.5. The predicted molar refractivity (Wildman–Crippen MR) is 92.8 cm³/mol. The van der Waals surface area contributed by atoms with E-state index in [0.29, 0.717) is 4.77 Å². The number of nitrogens with one attached hydrogen (secondary N) is 2. The van der Waals surface area contributed by atoms with E-state index in [9.17, 15) is 0 Å². The van der Waals surface area contributed by atoms with E-state index in [1.165, 1.54) is 9.78 Å². The molecule has 1 unspecified atom stereocenters. The van der Waals surface area contributed by atoms with E-state index < -0.39 is 0 Å². The lowest BCUT2D eigenvalue weighted by Crippen LogP contribution is -3.06. The fourth-order valence-electron chi connectivity index (χ4n) is 2.26. The molecule has 7 heteroatoms. The number of aromatic amines is 1. The molecule has 0 fully saturated rings. The highest BCUT2D eigenvalue weighted by Gasteiger charge is 2.10. The molecule has 1 aromatic carbocycles. The molecule has 2 aromatic heterocycles. The van der Waals surface area contributed by atoms with Crippen molar-refractivity contribution in [1.82, 2.24) is 14.8 Å². The lowest BCUT2D eigenvalue weighted by atomic mass is 10.2. The van der Waals surface area contributed by atoms with Crippen molar-refractivity contribution in [3.05, 3.63) is 56.4 Å². The molecule has 2 heterocycles. The summed E-state index contributed by atoms with van der Waals surface area (Å²) in [7, 11) is 2.12. The monoisotopic (exact) mass is 351 g/mol. The maximum absolute atomic E-state index is 5.97. The van der Waals surface area contributed by atoms with Crippen molar-refractivity contribution in [3.8, 4) is 11.4 Å². The van der Waals surface area contributed by atoms with Gasteiger partial charge in [-0.2, -0.15) is 4.98 Å². The van der Waals surface area contributed by atoms with Crippen LogP contribution in [0.3, 0.4) is 0 Å². The summed E-state index contributed by atoms with van der Waals surface area (Å²) in [5.74, 6) is 0.803. The summed E-state index contributed by atoms with van der Waals surface area (Å²) in [5.41, 5.74) is 1.04. The Morgan fingerprint density at radius 2 is 2.05 bits per heavy atom. The van der Waals surface area contributed by atoms with Gasteiger partial charge in [0.1, 0.15) is 6.54 Å². The van der Waals surface area contributed by atoms with Gasteiger partial charge in [0.25, 0.3) is 0 Å². The Bertz CT molecular complexity index is 806. The molecule has 0 aliphatic rings. The molecule has 3 rings (SSSR count). The summed E-state index contributed by atoms with van der Waals surface area (Å²) in [6.45, 7) is 1.63. The van der Waals surface area contributed by atoms with Crippen LogP contribution in [0.2, 0.25) is 4.34 Å². The van der Waals surface area contributed by atoms with Crippen molar-refractivity contribution in [1.29, 1.82) is 0 Å². The smallest absolute Gasteiger partial charge is 0.221 e. The standard InChI is InChI=1S/C15H15ClN4S2/c1-19(9-12-7-8-13(16)22-12)10-20-15(21)17-14(18-20)11-5-3-2-4-6-11/h2-8H,9-10H2,1H3,(H,17,18,21)/p+1. The van der Waals surface area contributed by atoms with Gasteiger partial charge in [-0.25, -0.2) is 4.68 Å². The topological polar surface area (TPSA) is 38.0 Å². The van der Waals surface area contributed by atoms with Gasteiger partial charge in [0.05, 0.1) is 16.3 Å². The van der Waals surface area contributed by atoms with Crippen LogP contribution in [0.15, 0.2) is 42.5 Å². The summed E-state index contributed by atoms with van der Waals surface area (Å²) in [4.78, 5) is 7.00. The van der Waals surface area contributed by atoms with E-state index in [0.717, 1.165) is 28.9 Å². The normalized spacial score (nSPS) is 12.5. The zero-order chi connectivity index (χ0) is 15.5. The molecule has 2 N–H and O–H groups in total. The van der Waals surface area contributed by atoms with Crippen LogP contribution in [0, 0.1) is 4.77 Å². The minimum absolute atomic E-state index is 0.572. The van der Waals surface area contributed by atoms with Crippen molar-refractivity contribution >= 4 is 35.2 Å². The fraction of sp³-hybridized carbons (Fsp3) is 0.200. The predicted octanol–water partition coefficient (Wildman–Crippen LogP) is 2.99. The summed E-state index contributed by atoms with van der Waals surface area (Å²) in [6.07, 6.45) is 0. The van der Waals surface area contributed by atoms with Crippen molar-refractivity contribution in [2.75, 3.05) is 7.05 Å². The van der Waals surface area contributed by atoms with Crippen LogP contribution >= 0.6 is 35.2 Å². The second kappa shape index (κ2) is 6.75. The highest BCUT2D eigenvalue weighted by molar-refractivity contribution is 7.71. The number of rotatable bonds is 5. The van der Waals surface area contributed by atoms with Crippen LogP contribution in [0.4, 0.5) is 0 Å². The zero-order valence-corrected chi connectivity index (χ0v) is 14.4. The molecule has 0 aliphatic carbocycles. The lowest BCUT2D eigenvalue weighted by Gasteiger charge is -2.12. The molecule has 0 saturated heterocycles. The van der Waals surface area contributed by atoms with Crippen molar-refractivity contribution < 1.29 is 4.90 Å². The molecule has 0 spiro atoms. The minimum Gasteiger partial charge on any atom is -0.314 e. The van der Waals surface area contributed by atoms with Gasteiger partial charge in [-0.05, 0) is 24.4 Å². The summed E-state index contributed by atoms with van der Waals surface area (Å²) in [5, 5.41) is 3.28. The van der Waals surface area contributed by atoms with Crippen LogP contribution in [0.5, 0.6) is 0 Å². The molecular formula is C15H16ClN4S2+. The molecule has 3 aromatic rings. The van der Waals surface area contributed by atoms with E-state index in [-0.39, 0.29) is 0 Å². The first kappa shape index (κ1) is 15.4. The van der Waals surface area contributed by atoms with E-state index in [1.54, 1.807) is 11.3 Å². The average Bonchev–Trinajstić information content (AvgIpc) is 3.07. The number of hydrogen-bond donors (Lipinski definition) is 2. The number of aromatic nitrogens is 3. The third kappa shape index (κ3) is 3.64. The Labute approximate surface area is 143 Å². The fourth-order valence-corrected chi connectivity index (χ4v) is 3.66. The third-order valence-electron chi connectivity index (χ3n) is 3.26. The first-order valence-corrected chi connectivity index (χ1v) is 8.50. The van der Waals surface area contributed by atoms with Gasteiger partial charge < -0.3 is 4.90 Å². The molecule has 0 aliphatic heterocycles. The van der Waals surface area contributed by atoms with E-state index in [2.05, 4.69) is 23.2 Å². The zero-order valence-electron chi connectivity index (χ0n) is 12.0. The van der Waals surface area contributed by atoms with E-state index >= 15 is 0 Å². The van der Waals surface area contributed by atoms with Gasteiger partial charge in [-0.1, -0.05) is 41.9 Å². The van der Waals surface area contributed by atoms with Gasteiger partial charge in [0.15, 0.2) is 12.5 Å². The maximum Gasteiger partial charge on any atom is 0.221 e. The molecule has 4 nitrogen and oxygen atoms in total. The quantitative estimate of drug-likeness (QED) is 0.693. The summed E-state index contributed by atoms with van der Waals surface area (Å²) < 4.78 is 3.30. The molecule has 0 saturated carbocycles. The molecular weight excluding hydrogens is 336 g/mol. The number of hydrogen-bond acceptors (Lipinski definition) is 3. The van der Waals surface area contributed by atoms with Crippen LogP contribution in [0.1, 0.15) is 4.88 Å². The van der Waals surface area contributed by atoms with Crippen molar-refractivity contribution in [2.45, 2.75) is 13.2 Å². The number of quaternary nitrogens is 1. The van der Waals surface area contributed by atoms with Gasteiger partial charge in [0, 0.05) is 5.56 Å². The molecule has 1 atom stereocenters. The SMILES string of the molecule is C[NH+](Cc1ccc(Cl)s1)Cn1[nH]c(-c2ccccc2)nc1=S. The van der Waals surface area contributed by atoms with Crippen molar-refractivity contribution in [3.63, 3.8) is 0 Å². The number of H-pyrrole nitrogens is 1. The second-order valence-corrected chi connectivity index (χ2v) is 7.31. The molecule has 0 bridgehead atoms. The summed E-state index contributed by atoms with van der Waals surface area (Å²) in [6, 6.07) is 14.0. The number of benzene rings is 1. The first-order chi connectivity index (χ1) is 10.6. The Morgan fingerprint density at radius 3 is 2.73 bits per heavy atom. The summed E-state index contributed by atoms with van der Waals surface area (Å²) >= 11 is 12.9. The van der Waals surface area contributed by atoms with Crippen molar-refractivity contribution in [2.24, 2.45) is 0 Å². The lowest BCUT2D eigenvalue weighted by molar-refractivity contribution is -0.917. The van der Waals surface area contributed by atoms with Gasteiger partial charge in [-0.3, -0.25) is 5.10 Å². The van der Waals surface area contributed by atoms with E-state index in [1.807, 2.05) is 41.1 Å². The third-order valence-corrected chi connectivity index (χ3v) is 4.80. The van der Waals surface area contributed by atoms with Crippen LogP contribution < -0.4 is 4.90 Å². The average molecular weight is 352 g/mol. The Kier molecular flexibility index (Phi) is 4.73. The van der Waals surface area contributed by atoms with Crippen LogP contribution in [-0.2, 0) is 13.2 Å². The molecule has 0 radical (unpaired) electrons. The molecule has 22 heavy (non-hydrogen) atoms. The van der Waals surface area contributed by atoms with Crippen LogP contribution in [-0.4, -0.2) is 21.8 Å². The Balaban J connectivity index is 1.73. The van der Waals surface area contributed by atoms with Gasteiger partial charge in [0.2, 0.25) is 4.77 Å². The molecule has 0 amide bonds. The number of halogens is 1. The maximum atomic E-state index is 5.97. The first-order valence-electron chi connectivity index (χ1n) is 6.89. The molecule has 114 valence electrons. The number of thiophene rings is 1. The second-order valence-electron chi connectivity index (χ2n) is 5.15. The van der Waals surface area contributed by atoms with E-state index in [4.69, 9.17) is 23.8 Å². The highest BCUT2D eigenvalue weighted by Crippen LogP contribution is 2.20. The number of nitrogens with zero attached hydrogens (tertiary/aromatic N) is 2. The van der Waals surface area contributed by atoms with Gasteiger partial charge >= 0.3 is 0 Å². The largest absolute Gasteiger partial charge is 0.314 e. The Morgan fingerprint density at radius 1 is 1.27 bits per heavy atom. The minimum atomic E-state index is 0.572. The van der Waals surface area contributed by atoms with Crippen LogP contribution in [0.25, 0.3) is 11.4 Å². The Hall–Kier alpha value is -1.47.